The number of nitrogens with zero attached hydrogens (tertiary/aromatic N) is 2. The Morgan fingerprint density at radius 1 is 1.15 bits per heavy atom. The van der Waals surface area contributed by atoms with E-state index in [1.165, 1.54) is 18.3 Å². The lowest BCUT2D eigenvalue weighted by molar-refractivity contribution is -0.114. The van der Waals surface area contributed by atoms with Gasteiger partial charge in [-0.25, -0.2) is 9.97 Å². The lowest BCUT2D eigenvalue weighted by atomic mass is 10.1. The van der Waals surface area contributed by atoms with Crippen molar-refractivity contribution >= 4 is 34.0 Å². The van der Waals surface area contributed by atoms with Crippen molar-refractivity contribution in [2.24, 2.45) is 0 Å². The highest BCUT2D eigenvalue weighted by molar-refractivity contribution is 7.14. The van der Waals surface area contributed by atoms with Gasteiger partial charge in [-0.2, -0.15) is 0 Å². The monoisotopic (exact) mass is 382 g/mol. The number of amides is 2. The molecule has 7 nitrogen and oxygen atoms in total. The summed E-state index contributed by atoms with van der Waals surface area (Å²) in [6.07, 6.45) is 1.58. The molecular formula is C19H18N4O3S. The van der Waals surface area contributed by atoms with Crippen molar-refractivity contribution in [2.75, 3.05) is 17.2 Å². The predicted molar refractivity (Wildman–Crippen MR) is 105 cm³/mol. The first-order valence-corrected chi connectivity index (χ1v) is 9.17. The van der Waals surface area contributed by atoms with Crippen molar-refractivity contribution in [3.05, 3.63) is 53.5 Å². The number of thiazole rings is 1. The quantitative estimate of drug-likeness (QED) is 0.676. The molecule has 3 rings (SSSR count). The minimum atomic E-state index is -0.326. The summed E-state index contributed by atoms with van der Waals surface area (Å²) in [4.78, 5) is 32.1. The fourth-order valence-corrected chi connectivity index (χ4v) is 3.09. The molecule has 138 valence electrons. The smallest absolute Gasteiger partial charge is 0.262 e. The molecule has 0 atom stereocenters. The molecule has 0 aliphatic rings. The molecule has 0 aliphatic carbocycles. The van der Waals surface area contributed by atoms with Crippen LogP contribution in [0.5, 0.6) is 5.88 Å². The molecule has 8 heteroatoms. The molecule has 0 bridgehead atoms. The second-order valence-corrected chi connectivity index (χ2v) is 6.40. The number of benzene rings is 1. The van der Waals surface area contributed by atoms with Gasteiger partial charge >= 0.3 is 0 Å². The van der Waals surface area contributed by atoms with E-state index >= 15 is 0 Å². The third-order valence-corrected chi connectivity index (χ3v) is 4.28. The van der Waals surface area contributed by atoms with E-state index in [2.05, 4.69) is 20.6 Å². The van der Waals surface area contributed by atoms with Crippen molar-refractivity contribution in [1.82, 2.24) is 9.97 Å². The first-order valence-electron chi connectivity index (χ1n) is 8.29. The summed E-state index contributed by atoms with van der Waals surface area (Å²) in [6, 6.07) is 10.7. The molecule has 0 saturated carbocycles. The van der Waals surface area contributed by atoms with Gasteiger partial charge in [-0.15, -0.1) is 11.3 Å². The first kappa shape index (κ1) is 18.5. The maximum atomic E-state index is 12.5. The lowest BCUT2D eigenvalue weighted by Gasteiger charge is -2.07. The Kier molecular flexibility index (Phi) is 5.77. The van der Waals surface area contributed by atoms with E-state index in [-0.39, 0.29) is 11.8 Å². The largest absolute Gasteiger partial charge is 0.477 e. The summed E-state index contributed by atoms with van der Waals surface area (Å²) in [5, 5.41) is 7.83. The van der Waals surface area contributed by atoms with E-state index in [0.717, 1.165) is 16.9 Å². The Hall–Kier alpha value is -3.26. The zero-order valence-corrected chi connectivity index (χ0v) is 15.7. The zero-order valence-electron chi connectivity index (χ0n) is 14.9. The van der Waals surface area contributed by atoms with Crippen LogP contribution in [0.3, 0.4) is 0 Å². The van der Waals surface area contributed by atoms with Gasteiger partial charge in [0.25, 0.3) is 5.91 Å². The molecule has 0 spiro atoms. The molecule has 2 amide bonds. The molecule has 2 N–H and O–H groups in total. The SMILES string of the molecule is CCOc1ncccc1C(=O)Nc1nc(-c2ccc(NC(C)=O)cc2)cs1. The number of rotatable bonds is 6. The number of carbonyl (C=O) groups excluding carboxylic acids is 2. The Labute approximate surface area is 160 Å². The molecule has 2 heterocycles. The van der Waals surface area contributed by atoms with Crippen LogP contribution in [0, 0.1) is 0 Å². The van der Waals surface area contributed by atoms with Gasteiger partial charge in [-0.1, -0.05) is 12.1 Å². The third kappa shape index (κ3) is 4.68. The van der Waals surface area contributed by atoms with Crippen molar-refractivity contribution in [2.45, 2.75) is 13.8 Å². The summed E-state index contributed by atoms with van der Waals surface area (Å²) >= 11 is 1.33. The van der Waals surface area contributed by atoms with Gasteiger partial charge in [0.1, 0.15) is 5.56 Å². The van der Waals surface area contributed by atoms with Gasteiger partial charge in [0.2, 0.25) is 11.8 Å². The van der Waals surface area contributed by atoms with Gasteiger partial charge in [-0.3, -0.25) is 14.9 Å². The van der Waals surface area contributed by atoms with Gasteiger partial charge < -0.3 is 10.1 Å². The molecule has 0 radical (unpaired) electrons. The first-order chi connectivity index (χ1) is 13.1. The zero-order chi connectivity index (χ0) is 19.2. The van der Waals surface area contributed by atoms with E-state index in [1.807, 2.05) is 24.4 Å². The van der Waals surface area contributed by atoms with Gasteiger partial charge in [-0.05, 0) is 31.2 Å². The number of hydrogen-bond acceptors (Lipinski definition) is 6. The topological polar surface area (TPSA) is 93.2 Å². The van der Waals surface area contributed by atoms with E-state index in [1.54, 1.807) is 30.5 Å². The van der Waals surface area contributed by atoms with Crippen LogP contribution >= 0.6 is 11.3 Å². The maximum Gasteiger partial charge on any atom is 0.262 e. The van der Waals surface area contributed by atoms with Gasteiger partial charge in [0.15, 0.2) is 5.13 Å². The number of pyridine rings is 1. The van der Waals surface area contributed by atoms with Crippen LogP contribution in [0.2, 0.25) is 0 Å². The minimum Gasteiger partial charge on any atom is -0.477 e. The summed E-state index contributed by atoms with van der Waals surface area (Å²) in [5.74, 6) is -0.153. The predicted octanol–water partition coefficient (Wildman–Crippen LogP) is 3.81. The second kappa shape index (κ2) is 8.41. The Morgan fingerprint density at radius 3 is 2.63 bits per heavy atom. The third-order valence-electron chi connectivity index (χ3n) is 3.52. The molecule has 3 aromatic rings. The Morgan fingerprint density at radius 2 is 1.93 bits per heavy atom. The maximum absolute atomic E-state index is 12.5. The number of carbonyl (C=O) groups is 2. The number of ether oxygens (including phenoxy) is 1. The van der Waals surface area contributed by atoms with E-state index in [0.29, 0.717) is 23.2 Å². The van der Waals surface area contributed by atoms with Crippen LogP contribution < -0.4 is 15.4 Å². The van der Waals surface area contributed by atoms with Crippen molar-refractivity contribution in [1.29, 1.82) is 0 Å². The molecule has 0 fully saturated rings. The number of aromatic nitrogens is 2. The molecule has 2 aromatic heterocycles. The average molecular weight is 382 g/mol. The Balaban J connectivity index is 1.73. The second-order valence-electron chi connectivity index (χ2n) is 5.54. The molecule has 1 aromatic carbocycles. The molecular weight excluding hydrogens is 364 g/mol. The van der Waals surface area contributed by atoms with Crippen molar-refractivity contribution in [3.63, 3.8) is 0 Å². The minimum absolute atomic E-state index is 0.122. The van der Waals surface area contributed by atoms with Crippen LogP contribution in [0.1, 0.15) is 24.2 Å². The van der Waals surface area contributed by atoms with Gasteiger partial charge in [0, 0.05) is 29.8 Å². The fraction of sp³-hybridized carbons (Fsp3) is 0.158. The normalized spacial score (nSPS) is 10.3. The van der Waals surface area contributed by atoms with Crippen molar-refractivity contribution in [3.8, 4) is 17.1 Å². The summed E-state index contributed by atoms with van der Waals surface area (Å²) < 4.78 is 5.39. The van der Waals surface area contributed by atoms with E-state index in [4.69, 9.17) is 4.74 Å². The van der Waals surface area contributed by atoms with Crippen LogP contribution in [0.4, 0.5) is 10.8 Å². The van der Waals surface area contributed by atoms with E-state index in [9.17, 15) is 9.59 Å². The average Bonchev–Trinajstić information content (AvgIpc) is 3.11. The highest BCUT2D eigenvalue weighted by Crippen LogP contribution is 2.27. The van der Waals surface area contributed by atoms with Crippen molar-refractivity contribution < 1.29 is 14.3 Å². The molecule has 0 aliphatic heterocycles. The molecule has 27 heavy (non-hydrogen) atoms. The van der Waals surface area contributed by atoms with Crippen LogP contribution in [-0.4, -0.2) is 28.4 Å². The summed E-state index contributed by atoms with van der Waals surface area (Å²) in [7, 11) is 0. The lowest BCUT2D eigenvalue weighted by Crippen LogP contribution is -2.14. The van der Waals surface area contributed by atoms with Gasteiger partial charge in [0.05, 0.1) is 12.3 Å². The fourth-order valence-electron chi connectivity index (χ4n) is 2.37. The van der Waals surface area contributed by atoms with E-state index < -0.39 is 0 Å². The summed E-state index contributed by atoms with van der Waals surface area (Å²) in [6.45, 7) is 3.72. The van der Waals surface area contributed by atoms with Crippen LogP contribution in [-0.2, 0) is 4.79 Å². The van der Waals surface area contributed by atoms with Crippen LogP contribution in [0.25, 0.3) is 11.3 Å². The Bertz CT molecular complexity index is 954. The molecule has 0 unspecified atom stereocenters. The number of nitrogens with one attached hydrogen (secondary N) is 2. The highest BCUT2D eigenvalue weighted by Gasteiger charge is 2.15. The summed E-state index contributed by atoms with van der Waals surface area (Å²) in [5.41, 5.74) is 2.70. The number of hydrogen-bond donors (Lipinski definition) is 2. The molecule has 0 saturated heterocycles. The number of anilines is 2. The standard InChI is InChI=1S/C19H18N4O3S/c1-3-26-18-15(5-4-10-20-18)17(25)23-19-22-16(11-27-19)13-6-8-14(9-7-13)21-12(2)24/h4-11H,3H2,1-2H3,(H,21,24)(H,22,23,25). The van der Waals surface area contributed by atoms with Crippen LogP contribution in [0.15, 0.2) is 48.0 Å². The highest BCUT2D eigenvalue weighted by atomic mass is 32.1.